The Balaban J connectivity index is 2.70. The minimum Gasteiger partial charge on any atom is -0.290 e. The van der Waals surface area contributed by atoms with Gasteiger partial charge in [0.15, 0.2) is 0 Å². The molecule has 1 heterocycles. The van der Waals surface area contributed by atoms with Crippen LogP contribution >= 0.6 is 34.2 Å². The smallest absolute Gasteiger partial charge is 0.288 e. The topological polar surface area (TPSA) is 20.3 Å². The van der Waals surface area contributed by atoms with Crippen molar-refractivity contribution >= 4 is 38.1 Å². The normalized spacial score (nSPS) is 23.4. The van der Waals surface area contributed by atoms with Gasteiger partial charge in [0, 0.05) is 28.8 Å². The summed E-state index contributed by atoms with van der Waals surface area (Å²) in [6, 6.07) is 0. The summed E-state index contributed by atoms with van der Waals surface area (Å²) in [5.41, 5.74) is -0.325. The van der Waals surface area contributed by atoms with Gasteiger partial charge in [-0.15, -0.1) is 0 Å². The molecule has 0 aromatic carbocycles. The van der Waals surface area contributed by atoms with E-state index in [9.17, 15) is 4.79 Å². The third kappa shape index (κ3) is 1.73. The Labute approximate surface area is 77.7 Å². The molecule has 10 heavy (non-hydrogen) atoms. The van der Waals surface area contributed by atoms with Crippen LogP contribution < -0.4 is 0 Å². The van der Waals surface area contributed by atoms with E-state index in [1.54, 1.807) is 40.9 Å². The molecule has 0 aromatic rings. The number of rotatable bonds is 0. The number of hydrogen-bond donors (Lipinski definition) is 0. The highest BCUT2D eigenvalue weighted by atomic mass is 127. The van der Waals surface area contributed by atoms with Gasteiger partial charge in [-0.2, -0.15) is 0 Å². The number of allylic oxidation sites excluding steroid dienone is 2. The second-order valence-electron chi connectivity index (χ2n) is 1.76. The Morgan fingerprint density at radius 3 is 2.70 bits per heavy atom. The third-order valence-corrected chi connectivity index (χ3v) is 2.01. The zero-order valence-electron chi connectivity index (χ0n) is 5.00. The molecule has 0 saturated carbocycles. The van der Waals surface area contributed by atoms with Crippen LogP contribution in [0, 0.1) is 0 Å². The highest BCUT2D eigenvalue weighted by molar-refractivity contribution is 14.1. The lowest BCUT2D eigenvalue weighted by Crippen LogP contribution is -2.27. The molecule has 0 radical (unpaired) electrons. The van der Waals surface area contributed by atoms with Gasteiger partial charge in [-0.3, -0.25) is 9.69 Å². The first-order valence-electron chi connectivity index (χ1n) is 2.68. The molecule has 1 unspecified atom stereocenters. The molecular formula is C6H5ClINO. The standard InChI is InChI=1S/C6H5ClINO/c7-5-3-1-2-4-9(5)6(8)10/h1-5H. The molecule has 0 saturated heterocycles. The van der Waals surface area contributed by atoms with Crippen molar-refractivity contribution in [3.63, 3.8) is 0 Å². The molecular weight excluding hydrogens is 264 g/mol. The second-order valence-corrected chi connectivity index (χ2v) is 3.13. The molecule has 1 aliphatic heterocycles. The van der Waals surface area contributed by atoms with E-state index in [2.05, 4.69) is 0 Å². The summed E-state index contributed by atoms with van der Waals surface area (Å²) in [5.74, 6) is 0. The van der Waals surface area contributed by atoms with Crippen molar-refractivity contribution in [2.24, 2.45) is 0 Å². The lowest BCUT2D eigenvalue weighted by Gasteiger charge is -2.20. The zero-order chi connectivity index (χ0) is 7.56. The average Bonchev–Trinajstić information content (AvgIpc) is 1.88. The summed E-state index contributed by atoms with van der Waals surface area (Å²) in [7, 11) is 0. The van der Waals surface area contributed by atoms with Crippen LogP contribution in [0.3, 0.4) is 0 Å². The van der Waals surface area contributed by atoms with E-state index in [4.69, 9.17) is 11.6 Å². The van der Waals surface area contributed by atoms with Gasteiger partial charge >= 0.3 is 0 Å². The van der Waals surface area contributed by atoms with Crippen LogP contribution in [0.5, 0.6) is 0 Å². The molecule has 4 heteroatoms. The average molecular weight is 269 g/mol. The maximum absolute atomic E-state index is 10.8. The molecule has 0 fully saturated rings. The van der Waals surface area contributed by atoms with Crippen molar-refractivity contribution < 1.29 is 4.79 Å². The Kier molecular flexibility index (Phi) is 2.73. The summed E-state index contributed by atoms with van der Waals surface area (Å²) in [6.45, 7) is 0. The van der Waals surface area contributed by atoms with E-state index < -0.39 is 0 Å². The van der Waals surface area contributed by atoms with Gasteiger partial charge in [0.2, 0.25) is 0 Å². The van der Waals surface area contributed by atoms with Gasteiger partial charge < -0.3 is 0 Å². The lowest BCUT2D eigenvalue weighted by molar-refractivity contribution is 0.242. The van der Waals surface area contributed by atoms with Crippen LogP contribution in [0.4, 0.5) is 4.79 Å². The molecule has 1 amide bonds. The van der Waals surface area contributed by atoms with Gasteiger partial charge in [-0.1, -0.05) is 17.7 Å². The molecule has 1 rings (SSSR count). The molecule has 54 valence electrons. The predicted octanol–water partition coefficient (Wildman–Crippen LogP) is 2.49. The van der Waals surface area contributed by atoms with E-state index >= 15 is 0 Å². The van der Waals surface area contributed by atoms with E-state index in [1.165, 1.54) is 4.90 Å². The van der Waals surface area contributed by atoms with E-state index in [0.717, 1.165) is 0 Å². The number of halogens is 2. The maximum Gasteiger partial charge on any atom is 0.288 e. The van der Waals surface area contributed by atoms with Crippen LogP contribution in [0.25, 0.3) is 0 Å². The van der Waals surface area contributed by atoms with E-state index in [-0.39, 0.29) is 9.41 Å². The molecule has 1 aliphatic rings. The summed E-state index contributed by atoms with van der Waals surface area (Å²) in [6.07, 6.45) is 6.99. The summed E-state index contributed by atoms with van der Waals surface area (Å²) < 4.78 is -0.0711. The predicted molar refractivity (Wildman–Crippen MR) is 49.2 cm³/mol. The third-order valence-electron chi connectivity index (χ3n) is 1.10. The number of hydrogen-bond acceptors (Lipinski definition) is 1. The monoisotopic (exact) mass is 269 g/mol. The first-order chi connectivity index (χ1) is 4.72. The minimum atomic E-state index is -0.325. The first-order valence-corrected chi connectivity index (χ1v) is 4.20. The number of carbonyl (C=O) groups is 1. The van der Waals surface area contributed by atoms with Gasteiger partial charge in [-0.05, 0) is 12.2 Å². The van der Waals surface area contributed by atoms with Gasteiger partial charge in [0.05, 0.1) is 0 Å². The van der Waals surface area contributed by atoms with Crippen molar-refractivity contribution in [3.05, 3.63) is 24.4 Å². The minimum absolute atomic E-state index is 0.0711. The summed E-state index contributed by atoms with van der Waals surface area (Å²) >= 11 is 7.43. The molecule has 1 atom stereocenters. The zero-order valence-corrected chi connectivity index (χ0v) is 7.91. The maximum atomic E-state index is 10.8. The Morgan fingerprint density at radius 1 is 1.60 bits per heavy atom. The molecule has 0 spiro atoms. The number of nitrogens with zero attached hydrogens (tertiary/aromatic N) is 1. The lowest BCUT2D eigenvalue weighted by atomic mass is 10.4. The fourth-order valence-electron chi connectivity index (χ4n) is 0.629. The van der Waals surface area contributed by atoms with Crippen LogP contribution in [-0.4, -0.2) is 14.3 Å². The Hall–Kier alpha value is -0.0300. The van der Waals surface area contributed by atoms with Crippen LogP contribution in [0.2, 0.25) is 0 Å². The number of alkyl halides is 1. The van der Waals surface area contributed by atoms with Crippen LogP contribution in [-0.2, 0) is 0 Å². The van der Waals surface area contributed by atoms with Gasteiger partial charge in [0.25, 0.3) is 3.91 Å². The Bertz CT molecular complexity index is 202. The fourth-order valence-corrected chi connectivity index (χ4v) is 1.49. The van der Waals surface area contributed by atoms with Crippen molar-refractivity contribution in [1.29, 1.82) is 0 Å². The van der Waals surface area contributed by atoms with Gasteiger partial charge in [-0.25, -0.2) is 0 Å². The molecule has 0 aromatic heterocycles. The summed E-state index contributed by atoms with van der Waals surface area (Å²) in [5, 5.41) is 0. The second kappa shape index (κ2) is 3.39. The Morgan fingerprint density at radius 2 is 2.30 bits per heavy atom. The van der Waals surface area contributed by atoms with Crippen molar-refractivity contribution in [2.75, 3.05) is 0 Å². The quantitative estimate of drug-likeness (QED) is 0.286. The highest BCUT2D eigenvalue weighted by Gasteiger charge is 2.15. The van der Waals surface area contributed by atoms with Crippen molar-refractivity contribution in [1.82, 2.24) is 4.90 Å². The molecule has 0 bridgehead atoms. The molecule has 0 aliphatic carbocycles. The largest absolute Gasteiger partial charge is 0.290 e. The van der Waals surface area contributed by atoms with Crippen LogP contribution in [0.1, 0.15) is 0 Å². The number of carbonyl (C=O) groups excluding carboxylic acids is 1. The van der Waals surface area contributed by atoms with Gasteiger partial charge in [0.1, 0.15) is 5.50 Å². The van der Waals surface area contributed by atoms with E-state index in [1.807, 2.05) is 6.08 Å². The SMILES string of the molecule is O=C(I)N1C=CC=CC1Cl. The fraction of sp³-hybridized carbons (Fsp3) is 0.167. The van der Waals surface area contributed by atoms with Crippen LogP contribution in [0.15, 0.2) is 24.4 Å². The van der Waals surface area contributed by atoms with Crippen molar-refractivity contribution in [3.8, 4) is 0 Å². The number of amides is 1. The molecule has 0 N–H and O–H groups in total. The summed E-state index contributed by atoms with van der Waals surface area (Å²) in [4.78, 5) is 12.2. The first kappa shape index (κ1) is 8.07. The van der Waals surface area contributed by atoms with Crippen molar-refractivity contribution in [2.45, 2.75) is 5.50 Å². The highest BCUT2D eigenvalue weighted by Crippen LogP contribution is 2.15. The van der Waals surface area contributed by atoms with E-state index in [0.29, 0.717) is 0 Å². The molecule has 2 nitrogen and oxygen atoms in total.